The van der Waals surface area contributed by atoms with Crippen LogP contribution in [-0.2, 0) is 0 Å². The van der Waals surface area contributed by atoms with Gasteiger partial charge < -0.3 is 5.73 Å². The van der Waals surface area contributed by atoms with E-state index >= 15 is 0 Å². The molecule has 18 heavy (non-hydrogen) atoms. The predicted molar refractivity (Wildman–Crippen MR) is 82.0 cm³/mol. The molecule has 0 bridgehead atoms. The van der Waals surface area contributed by atoms with Crippen molar-refractivity contribution in [2.75, 3.05) is 7.05 Å². The second-order valence-corrected chi connectivity index (χ2v) is 3.48. The molecule has 98 valence electrons. The summed E-state index contributed by atoms with van der Waals surface area (Å²) in [6, 6.07) is 10.1. The number of benzene rings is 1. The molecule has 0 saturated heterocycles. The van der Waals surface area contributed by atoms with E-state index in [1.165, 1.54) is 0 Å². The summed E-state index contributed by atoms with van der Waals surface area (Å²) in [5.74, 6) is 0. The highest BCUT2D eigenvalue weighted by atomic mass is 14.7. The van der Waals surface area contributed by atoms with Crippen LogP contribution in [-0.4, -0.2) is 12.8 Å². The Morgan fingerprint density at radius 2 is 1.83 bits per heavy atom. The number of aliphatic imine (C=N–C) groups is 1. The van der Waals surface area contributed by atoms with Crippen LogP contribution in [0.25, 0.3) is 0 Å². The minimum atomic E-state index is 0.685. The van der Waals surface area contributed by atoms with Gasteiger partial charge in [-0.25, -0.2) is 0 Å². The van der Waals surface area contributed by atoms with Crippen LogP contribution < -0.4 is 5.73 Å². The summed E-state index contributed by atoms with van der Waals surface area (Å²) in [5, 5.41) is 0. The van der Waals surface area contributed by atoms with E-state index in [-0.39, 0.29) is 0 Å². The van der Waals surface area contributed by atoms with Gasteiger partial charge in [-0.3, -0.25) is 4.99 Å². The summed E-state index contributed by atoms with van der Waals surface area (Å²) in [7, 11) is 1.80. The third kappa shape index (κ3) is 6.04. The van der Waals surface area contributed by atoms with E-state index in [1.807, 2.05) is 69.3 Å². The minimum Gasteiger partial charge on any atom is -0.402 e. The van der Waals surface area contributed by atoms with Crippen molar-refractivity contribution in [3.05, 3.63) is 59.8 Å². The number of hydrogen-bond donors (Lipinski definition) is 1. The van der Waals surface area contributed by atoms with Crippen LogP contribution in [0.1, 0.15) is 32.8 Å². The molecule has 2 N–H and O–H groups in total. The monoisotopic (exact) mass is 244 g/mol. The van der Waals surface area contributed by atoms with Crippen LogP contribution in [0, 0.1) is 0 Å². The van der Waals surface area contributed by atoms with Crippen molar-refractivity contribution in [3.8, 4) is 0 Å². The van der Waals surface area contributed by atoms with Gasteiger partial charge in [-0.05, 0) is 18.6 Å². The summed E-state index contributed by atoms with van der Waals surface area (Å²) in [6.07, 6.45) is 6.49. The second-order valence-electron chi connectivity index (χ2n) is 3.48. The third-order valence-electron chi connectivity index (χ3n) is 2.25. The number of hydrogen-bond acceptors (Lipinski definition) is 2. The second kappa shape index (κ2) is 10.3. The summed E-state index contributed by atoms with van der Waals surface area (Å²) in [5.41, 5.74) is 8.86. The Kier molecular flexibility index (Phi) is 9.28. The molecule has 0 atom stereocenters. The summed E-state index contributed by atoms with van der Waals surface area (Å²) < 4.78 is 0. The molecule has 0 spiro atoms. The standard InChI is InChI=1S/C14H18N2.C2H6/c1-3-4-10-13(15)11-14(16-2)12-8-6-5-7-9-12;1-2/h3-10H,11,15H2,1-2H3;1-2H3/b4-3-,13-10+,16-14?;. The van der Waals surface area contributed by atoms with Crippen LogP contribution in [0.15, 0.2) is 59.2 Å². The number of nitrogens with zero attached hydrogens (tertiary/aromatic N) is 1. The maximum absolute atomic E-state index is 5.90. The fourth-order valence-electron chi connectivity index (χ4n) is 1.41. The molecule has 0 unspecified atom stereocenters. The van der Waals surface area contributed by atoms with Gasteiger partial charge >= 0.3 is 0 Å². The topological polar surface area (TPSA) is 38.4 Å². The maximum Gasteiger partial charge on any atom is 0.0475 e. The van der Waals surface area contributed by atoms with Crippen LogP contribution in [0.3, 0.4) is 0 Å². The van der Waals surface area contributed by atoms with Crippen molar-refractivity contribution in [1.29, 1.82) is 0 Å². The Morgan fingerprint density at radius 1 is 1.22 bits per heavy atom. The van der Waals surface area contributed by atoms with Gasteiger partial charge in [0.1, 0.15) is 0 Å². The van der Waals surface area contributed by atoms with Gasteiger partial charge in [0, 0.05) is 24.9 Å². The van der Waals surface area contributed by atoms with E-state index in [2.05, 4.69) is 4.99 Å². The van der Waals surface area contributed by atoms with Crippen LogP contribution in [0.2, 0.25) is 0 Å². The van der Waals surface area contributed by atoms with Crippen molar-refractivity contribution in [3.63, 3.8) is 0 Å². The Morgan fingerprint density at radius 3 is 2.33 bits per heavy atom. The lowest BCUT2D eigenvalue weighted by Gasteiger charge is -2.05. The van der Waals surface area contributed by atoms with Gasteiger partial charge in [-0.1, -0.05) is 56.3 Å². The van der Waals surface area contributed by atoms with Gasteiger partial charge in [-0.2, -0.15) is 0 Å². The number of rotatable bonds is 4. The molecule has 2 nitrogen and oxygen atoms in total. The zero-order valence-electron chi connectivity index (χ0n) is 11.9. The maximum atomic E-state index is 5.90. The van der Waals surface area contributed by atoms with Crippen molar-refractivity contribution >= 4 is 5.71 Å². The van der Waals surface area contributed by atoms with Crippen LogP contribution in [0.5, 0.6) is 0 Å². The molecule has 0 saturated carbocycles. The van der Waals surface area contributed by atoms with Gasteiger partial charge in [0.2, 0.25) is 0 Å². The lowest BCUT2D eigenvalue weighted by molar-refractivity contribution is 1.19. The van der Waals surface area contributed by atoms with Gasteiger partial charge in [0.05, 0.1) is 0 Å². The van der Waals surface area contributed by atoms with Gasteiger partial charge in [0.15, 0.2) is 0 Å². The minimum absolute atomic E-state index is 0.685. The van der Waals surface area contributed by atoms with Gasteiger partial charge in [-0.15, -0.1) is 0 Å². The highest BCUT2D eigenvalue weighted by Gasteiger charge is 2.02. The first-order valence-electron chi connectivity index (χ1n) is 6.36. The lowest BCUT2D eigenvalue weighted by atomic mass is 10.1. The fraction of sp³-hybridized carbons (Fsp3) is 0.312. The highest BCUT2D eigenvalue weighted by molar-refractivity contribution is 6.01. The fourth-order valence-corrected chi connectivity index (χ4v) is 1.41. The van der Waals surface area contributed by atoms with E-state index in [0.29, 0.717) is 6.42 Å². The molecule has 2 heteroatoms. The average Bonchev–Trinajstić information content (AvgIpc) is 2.45. The largest absolute Gasteiger partial charge is 0.402 e. The van der Waals surface area contributed by atoms with E-state index in [0.717, 1.165) is 17.0 Å². The van der Waals surface area contributed by atoms with E-state index in [9.17, 15) is 0 Å². The molecule has 1 aromatic rings. The van der Waals surface area contributed by atoms with Crippen LogP contribution >= 0.6 is 0 Å². The zero-order valence-corrected chi connectivity index (χ0v) is 11.9. The van der Waals surface area contributed by atoms with E-state index in [4.69, 9.17) is 5.73 Å². The predicted octanol–water partition coefficient (Wildman–Crippen LogP) is 3.94. The molecule has 0 aliphatic heterocycles. The smallest absolute Gasteiger partial charge is 0.0475 e. The molecular weight excluding hydrogens is 220 g/mol. The molecule has 0 aromatic heterocycles. The molecule has 0 aliphatic carbocycles. The Balaban J connectivity index is 0.00000137. The molecule has 0 heterocycles. The van der Waals surface area contributed by atoms with Crippen molar-refractivity contribution in [2.24, 2.45) is 10.7 Å². The van der Waals surface area contributed by atoms with E-state index < -0.39 is 0 Å². The Labute approximate surface area is 111 Å². The molecule has 0 aliphatic rings. The quantitative estimate of drug-likeness (QED) is 0.632. The van der Waals surface area contributed by atoms with Gasteiger partial charge in [0.25, 0.3) is 0 Å². The molecule has 0 amide bonds. The molecule has 1 aromatic carbocycles. The first kappa shape index (κ1) is 16.2. The van der Waals surface area contributed by atoms with Crippen LogP contribution in [0.4, 0.5) is 0 Å². The average molecular weight is 244 g/mol. The third-order valence-corrected chi connectivity index (χ3v) is 2.25. The Bertz CT molecular complexity index is 400. The molecule has 0 fully saturated rings. The highest BCUT2D eigenvalue weighted by Crippen LogP contribution is 2.07. The molecule has 1 rings (SSSR count). The lowest BCUT2D eigenvalue weighted by Crippen LogP contribution is -2.07. The van der Waals surface area contributed by atoms with E-state index in [1.54, 1.807) is 7.05 Å². The number of allylic oxidation sites excluding steroid dienone is 4. The normalized spacial score (nSPS) is 12.2. The molecule has 0 radical (unpaired) electrons. The first-order valence-corrected chi connectivity index (χ1v) is 6.36. The Hall–Kier alpha value is -1.83. The zero-order chi connectivity index (χ0) is 13.8. The van der Waals surface area contributed by atoms with Crippen molar-refractivity contribution < 1.29 is 0 Å². The molecular formula is C16H24N2. The SMILES string of the molecule is C/C=C\C=C(\N)CC(=NC)c1ccccc1.CC. The summed E-state index contributed by atoms with van der Waals surface area (Å²) >= 11 is 0. The van der Waals surface area contributed by atoms with Crippen molar-refractivity contribution in [1.82, 2.24) is 0 Å². The van der Waals surface area contributed by atoms with Crippen molar-refractivity contribution in [2.45, 2.75) is 27.2 Å². The first-order chi connectivity index (χ1) is 8.77. The summed E-state index contributed by atoms with van der Waals surface area (Å²) in [6.45, 7) is 5.97. The summed E-state index contributed by atoms with van der Waals surface area (Å²) in [4.78, 5) is 4.28. The number of nitrogens with two attached hydrogens (primary N) is 1.